The maximum Gasteiger partial charge on any atom is 0.303 e. The molecule has 0 spiro atoms. The fourth-order valence-electron chi connectivity index (χ4n) is 6.92. The second-order valence-corrected chi connectivity index (χ2v) is 15.7. The second-order valence-electron chi connectivity index (χ2n) is 15.7. The molecule has 10 heteroatoms. The Morgan fingerprint density at radius 3 is 1.28 bits per heavy atom. The summed E-state index contributed by atoms with van der Waals surface area (Å²) in [5.74, 6) is 0.182. The van der Waals surface area contributed by atoms with E-state index in [9.17, 15) is 18.4 Å². The highest BCUT2D eigenvalue weighted by molar-refractivity contribution is 5.73. The van der Waals surface area contributed by atoms with Crippen LogP contribution in [-0.4, -0.2) is 35.4 Å². The molecule has 6 aromatic carbocycles. The third-order valence-electron chi connectivity index (χ3n) is 10.6. The fourth-order valence-corrected chi connectivity index (χ4v) is 6.92. The summed E-state index contributed by atoms with van der Waals surface area (Å²) in [5.41, 5.74) is 6.09. The van der Waals surface area contributed by atoms with Crippen molar-refractivity contribution in [1.82, 2.24) is 0 Å². The lowest BCUT2D eigenvalue weighted by atomic mass is 9.98. The third-order valence-corrected chi connectivity index (χ3v) is 10.6. The van der Waals surface area contributed by atoms with Crippen LogP contribution in [0, 0.1) is 11.6 Å². The molecule has 0 aliphatic heterocycles. The molecule has 0 unspecified atom stereocenters. The van der Waals surface area contributed by atoms with Crippen LogP contribution >= 0.6 is 0 Å². The van der Waals surface area contributed by atoms with Crippen LogP contribution in [0.25, 0.3) is 22.3 Å². The van der Waals surface area contributed by atoms with Gasteiger partial charge in [0.2, 0.25) is 0 Å². The first-order valence-corrected chi connectivity index (χ1v) is 21.9. The van der Waals surface area contributed by atoms with Crippen molar-refractivity contribution in [3.63, 3.8) is 0 Å². The summed E-state index contributed by atoms with van der Waals surface area (Å²) in [4.78, 5) is 22.0. The van der Waals surface area contributed by atoms with E-state index < -0.39 is 11.9 Å². The maximum atomic E-state index is 14.4. The molecule has 0 fully saturated rings. The molecule has 0 heterocycles. The van der Waals surface area contributed by atoms with Crippen LogP contribution in [0.15, 0.2) is 133 Å². The molecule has 336 valence electrons. The van der Waals surface area contributed by atoms with E-state index in [0.717, 1.165) is 47.9 Å². The van der Waals surface area contributed by atoms with E-state index >= 15 is 0 Å². The highest BCUT2D eigenvalue weighted by atomic mass is 19.1. The van der Waals surface area contributed by atoms with Crippen molar-refractivity contribution in [2.75, 3.05) is 13.2 Å². The zero-order valence-corrected chi connectivity index (χ0v) is 37.0. The number of aliphatic carboxylic acids is 2. The van der Waals surface area contributed by atoms with Gasteiger partial charge in [-0.25, -0.2) is 8.78 Å². The minimum absolute atomic E-state index is 0.0689. The summed E-state index contributed by atoms with van der Waals surface area (Å²) >= 11 is 0. The molecule has 2 atom stereocenters. The molecule has 0 radical (unpaired) electrons. The number of carboxylic acid groups (broad SMARTS) is 2. The van der Waals surface area contributed by atoms with E-state index in [1.165, 1.54) is 12.1 Å². The second kappa shape index (κ2) is 24.8. The van der Waals surface area contributed by atoms with Crippen LogP contribution in [-0.2, 0) is 22.8 Å². The number of carboxylic acids is 2. The normalized spacial score (nSPS) is 11.7. The smallest absolute Gasteiger partial charge is 0.303 e. The molecule has 0 saturated heterocycles. The van der Waals surface area contributed by atoms with Crippen molar-refractivity contribution < 1.29 is 47.5 Å². The van der Waals surface area contributed by atoms with E-state index in [1.54, 1.807) is 24.3 Å². The maximum absolute atomic E-state index is 14.4. The van der Waals surface area contributed by atoms with Gasteiger partial charge in [0.25, 0.3) is 0 Å². The summed E-state index contributed by atoms with van der Waals surface area (Å²) in [6.07, 6.45) is 3.99. The Bertz CT molecular complexity index is 2260. The summed E-state index contributed by atoms with van der Waals surface area (Å²) < 4.78 is 52.7. The quantitative estimate of drug-likeness (QED) is 0.0649. The number of carbonyl (C=O) groups is 2. The Morgan fingerprint density at radius 2 is 0.906 bits per heavy atom. The predicted octanol–water partition coefficient (Wildman–Crippen LogP) is 13.7. The van der Waals surface area contributed by atoms with Gasteiger partial charge >= 0.3 is 11.9 Å². The van der Waals surface area contributed by atoms with Gasteiger partial charge in [-0.1, -0.05) is 125 Å². The van der Waals surface area contributed by atoms with Gasteiger partial charge in [-0.15, -0.1) is 0 Å². The van der Waals surface area contributed by atoms with Gasteiger partial charge in [0.1, 0.15) is 47.8 Å². The SMILES string of the molecule is CCCCOc1cc(COc2cccc([C@@H](C)CC(=O)O)c2)ccc1-c1ccccc1F.CCCCOc1cc(COc2cccc([C@H](C)CC(=O)O)c2)ccc1-c1ccccc1F. The van der Waals surface area contributed by atoms with Gasteiger partial charge < -0.3 is 29.2 Å². The summed E-state index contributed by atoms with van der Waals surface area (Å²) in [5, 5.41) is 18.1. The van der Waals surface area contributed by atoms with Crippen LogP contribution in [0.5, 0.6) is 23.0 Å². The molecule has 2 N–H and O–H groups in total. The first-order valence-electron chi connectivity index (χ1n) is 21.9. The lowest BCUT2D eigenvalue weighted by Crippen LogP contribution is -2.04. The molecule has 6 rings (SSSR count). The zero-order chi connectivity index (χ0) is 45.8. The molecule has 64 heavy (non-hydrogen) atoms. The van der Waals surface area contributed by atoms with Crippen LogP contribution in [0.3, 0.4) is 0 Å². The summed E-state index contributed by atoms with van der Waals surface area (Å²) in [7, 11) is 0. The van der Waals surface area contributed by atoms with Crippen molar-refractivity contribution in [3.8, 4) is 45.3 Å². The lowest BCUT2D eigenvalue weighted by Gasteiger charge is -2.15. The van der Waals surface area contributed by atoms with Gasteiger partial charge in [0.15, 0.2) is 0 Å². The van der Waals surface area contributed by atoms with Crippen molar-refractivity contribution >= 4 is 11.9 Å². The number of rotatable bonds is 22. The highest BCUT2D eigenvalue weighted by Crippen LogP contribution is 2.35. The number of halogens is 2. The molecule has 0 aliphatic carbocycles. The number of unbranched alkanes of at least 4 members (excludes halogenated alkanes) is 2. The number of benzene rings is 6. The molecule has 8 nitrogen and oxygen atoms in total. The number of ether oxygens (including phenoxy) is 4. The summed E-state index contributed by atoms with van der Waals surface area (Å²) in [6.45, 7) is 9.71. The Kier molecular flexibility index (Phi) is 18.8. The monoisotopic (exact) mass is 872 g/mol. The van der Waals surface area contributed by atoms with Gasteiger partial charge in [-0.05, 0) is 95.5 Å². The zero-order valence-electron chi connectivity index (χ0n) is 37.0. The Hall–Kier alpha value is -6.68. The standard InChI is InChI=1S/2C27H29FO4/c2*1-3-4-14-31-26-16-20(12-13-24(26)23-10-5-6-11-25(23)28)18-32-22-9-7-8-21(17-22)19(2)15-27(29)30/h2*5-13,16-17,19H,3-4,14-15,18H2,1-2H3,(H,29,30)/t2*19-/m10/s1. The van der Waals surface area contributed by atoms with Crippen LogP contribution in [0.1, 0.15) is 100 Å². The van der Waals surface area contributed by atoms with Gasteiger partial charge in [0, 0.05) is 22.3 Å². The third kappa shape index (κ3) is 14.7. The Balaban J connectivity index is 0.000000241. The average Bonchev–Trinajstić information content (AvgIpc) is 3.28. The van der Waals surface area contributed by atoms with E-state index in [0.29, 0.717) is 71.7 Å². The fraction of sp³-hybridized carbons (Fsp3) is 0.296. The number of hydrogen-bond donors (Lipinski definition) is 2. The minimum Gasteiger partial charge on any atom is -0.493 e. The molecular weight excluding hydrogens is 815 g/mol. The molecule has 6 aromatic rings. The van der Waals surface area contributed by atoms with E-state index in [2.05, 4.69) is 13.8 Å². The minimum atomic E-state index is -0.825. The van der Waals surface area contributed by atoms with E-state index in [4.69, 9.17) is 29.2 Å². The predicted molar refractivity (Wildman–Crippen MR) is 247 cm³/mol. The largest absolute Gasteiger partial charge is 0.493 e. The van der Waals surface area contributed by atoms with Crippen molar-refractivity contribution in [2.45, 2.75) is 91.3 Å². The van der Waals surface area contributed by atoms with Crippen molar-refractivity contribution in [1.29, 1.82) is 0 Å². The van der Waals surface area contributed by atoms with Crippen LogP contribution in [0.4, 0.5) is 8.78 Å². The number of hydrogen-bond acceptors (Lipinski definition) is 6. The Labute approximate surface area is 375 Å². The van der Waals surface area contributed by atoms with Crippen LogP contribution < -0.4 is 18.9 Å². The Morgan fingerprint density at radius 1 is 0.500 bits per heavy atom. The lowest BCUT2D eigenvalue weighted by molar-refractivity contribution is -0.138. The van der Waals surface area contributed by atoms with Gasteiger partial charge in [-0.2, -0.15) is 0 Å². The molecule has 0 aromatic heterocycles. The first-order chi connectivity index (χ1) is 30.9. The van der Waals surface area contributed by atoms with Crippen molar-refractivity contribution in [2.24, 2.45) is 0 Å². The molecule has 0 saturated carbocycles. The van der Waals surface area contributed by atoms with Crippen molar-refractivity contribution in [3.05, 3.63) is 167 Å². The van der Waals surface area contributed by atoms with E-state index in [-0.39, 0.29) is 36.3 Å². The molecule has 0 bridgehead atoms. The van der Waals surface area contributed by atoms with Gasteiger partial charge in [-0.3, -0.25) is 9.59 Å². The van der Waals surface area contributed by atoms with Crippen LogP contribution in [0.2, 0.25) is 0 Å². The topological polar surface area (TPSA) is 112 Å². The van der Waals surface area contributed by atoms with E-state index in [1.807, 2.05) is 111 Å². The molecule has 0 amide bonds. The molecular formula is C54H58F2O8. The summed E-state index contributed by atoms with van der Waals surface area (Å²) in [6, 6.07) is 39.7. The first kappa shape index (κ1) is 48.4. The van der Waals surface area contributed by atoms with Gasteiger partial charge in [0.05, 0.1) is 26.1 Å². The average molecular weight is 873 g/mol. The molecule has 0 aliphatic rings. The highest BCUT2D eigenvalue weighted by Gasteiger charge is 2.16.